The van der Waals surface area contributed by atoms with E-state index in [9.17, 15) is 4.79 Å². The summed E-state index contributed by atoms with van der Waals surface area (Å²) in [7, 11) is 0. The fraction of sp³-hybridized carbons (Fsp3) is 0.200. The van der Waals surface area contributed by atoms with E-state index in [4.69, 9.17) is 4.74 Å². The number of carbonyl (C=O) groups is 1. The molecule has 0 saturated carbocycles. The number of hydrogen-bond donors (Lipinski definition) is 1. The van der Waals surface area contributed by atoms with Crippen LogP contribution in [0.2, 0.25) is 0 Å². The molecule has 22 heavy (non-hydrogen) atoms. The summed E-state index contributed by atoms with van der Waals surface area (Å²) in [5.41, 5.74) is 3.64. The minimum Gasteiger partial charge on any atom is -0.483 e. The summed E-state index contributed by atoms with van der Waals surface area (Å²) >= 11 is 8.33. The van der Waals surface area contributed by atoms with Crippen LogP contribution >= 0.6 is 43.2 Å². The Labute approximate surface area is 149 Å². The minimum absolute atomic E-state index is 0.0878. The van der Waals surface area contributed by atoms with Crippen molar-refractivity contribution in [3.05, 3.63) is 49.0 Å². The number of nitrogens with zero attached hydrogens (tertiary/aromatic N) is 1. The second-order valence-corrected chi connectivity index (χ2v) is 7.69. The molecule has 1 aromatic carbocycles. The third-order valence-corrected chi connectivity index (χ3v) is 4.92. The summed E-state index contributed by atoms with van der Waals surface area (Å²) in [6, 6.07) is 9.65. The summed E-state index contributed by atoms with van der Waals surface area (Å²) in [5.74, 6) is 0.330. The van der Waals surface area contributed by atoms with Crippen molar-refractivity contribution in [3.8, 4) is 5.75 Å². The highest BCUT2D eigenvalue weighted by atomic mass is 79.9. The molecule has 1 aromatic heterocycles. The molecule has 1 amide bonds. The van der Waals surface area contributed by atoms with Crippen LogP contribution in [0.1, 0.15) is 17.4 Å². The van der Waals surface area contributed by atoms with Crippen molar-refractivity contribution in [1.82, 2.24) is 5.43 Å². The summed E-state index contributed by atoms with van der Waals surface area (Å²) in [6.07, 6.45) is 2.55. The Bertz CT molecular complexity index is 686. The number of benzene rings is 1. The van der Waals surface area contributed by atoms with Gasteiger partial charge in [-0.1, -0.05) is 13.0 Å². The van der Waals surface area contributed by atoms with Crippen LogP contribution in [0.4, 0.5) is 0 Å². The van der Waals surface area contributed by atoms with Crippen molar-refractivity contribution in [1.29, 1.82) is 0 Å². The van der Waals surface area contributed by atoms with Gasteiger partial charge in [-0.3, -0.25) is 4.79 Å². The molecule has 0 saturated heterocycles. The zero-order chi connectivity index (χ0) is 15.9. The largest absolute Gasteiger partial charge is 0.483 e. The quantitative estimate of drug-likeness (QED) is 0.530. The number of hydrazone groups is 1. The Morgan fingerprint density at radius 2 is 2.18 bits per heavy atom. The summed E-state index contributed by atoms with van der Waals surface area (Å²) in [6.45, 7) is 2.00. The third kappa shape index (κ3) is 5.23. The highest BCUT2D eigenvalue weighted by Gasteiger charge is 2.05. The first kappa shape index (κ1) is 17.2. The molecule has 0 aliphatic rings. The van der Waals surface area contributed by atoms with Crippen molar-refractivity contribution < 1.29 is 9.53 Å². The van der Waals surface area contributed by atoms with Crippen molar-refractivity contribution in [2.75, 3.05) is 6.61 Å². The predicted octanol–water partition coefficient (Wildman–Crippen LogP) is 4.36. The average Bonchev–Trinajstić information content (AvgIpc) is 2.91. The van der Waals surface area contributed by atoms with Gasteiger partial charge in [0.2, 0.25) is 0 Å². The Morgan fingerprint density at radius 1 is 1.36 bits per heavy atom. The standard InChI is InChI=1S/C15H14Br2N2O2S/c1-2-10-3-5-13(12(16)7-10)21-9-15(20)19-18-8-11-4-6-14(17)22-11/h3-8H,2,9H2,1H3,(H,19,20). The van der Waals surface area contributed by atoms with Gasteiger partial charge < -0.3 is 4.74 Å². The zero-order valence-corrected chi connectivity index (χ0v) is 15.8. The molecular formula is C15H14Br2N2O2S. The number of thiophene rings is 1. The lowest BCUT2D eigenvalue weighted by Gasteiger charge is -2.08. The maximum absolute atomic E-state index is 11.7. The van der Waals surface area contributed by atoms with E-state index in [1.165, 1.54) is 16.9 Å². The van der Waals surface area contributed by atoms with E-state index in [1.54, 1.807) is 6.21 Å². The van der Waals surface area contributed by atoms with Crippen LogP contribution in [0.15, 0.2) is 43.7 Å². The van der Waals surface area contributed by atoms with Crippen LogP contribution in [0.25, 0.3) is 0 Å². The summed E-state index contributed by atoms with van der Waals surface area (Å²) in [4.78, 5) is 12.6. The second kappa shape index (κ2) is 8.45. The maximum Gasteiger partial charge on any atom is 0.277 e. The lowest BCUT2D eigenvalue weighted by molar-refractivity contribution is -0.123. The zero-order valence-electron chi connectivity index (χ0n) is 11.8. The van der Waals surface area contributed by atoms with E-state index in [1.807, 2.05) is 30.3 Å². The molecule has 7 heteroatoms. The van der Waals surface area contributed by atoms with Gasteiger partial charge in [0, 0.05) is 4.88 Å². The van der Waals surface area contributed by atoms with E-state index in [-0.39, 0.29) is 12.5 Å². The minimum atomic E-state index is -0.307. The topological polar surface area (TPSA) is 50.7 Å². The second-order valence-electron chi connectivity index (χ2n) is 4.34. The number of aryl methyl sites for hydroxylation is 1. The van der Waals surface area contributed by atoms with Crippen molar-refractivity contribution in [3.63, 3.8) is 0 Å². The highest BCUT2D eigenvalue weighted by molar-refractivity contribution is 9.11. The van der Waals surface area contributed by atoms with Gasteiger partial charge in [0.15, 0.2) is 6.61 Å². The number of hydrogen-bond acceptors (Lipinski definition) is 4. The first-order valence-corrected chi connectivity index (χ1v) is 8.97. The molecule has 0 fully saturated rings. The first-order valence-electron chi connectivity index (χ1n) is 6.57. The Morgan fingerprint density at radius 3 is 2.82 bits per heavy atom. The fourth-order valence-corrected chi connectivity index (χ4v) is 3.46. The van der Waals surface area contributed by atoms with Crippen LogP contribution < -0.4 is 10.2 Å². The van der Waals surface area contributed by atoms with Gasteiger partial charge in [-0.05, 0) is 68.1 Å². The molecule has 1 heterocycles. The summed E-state index contributed by atoms with van der Waals surface area (Å²) < 4.78 is 7.32. The van der Waals surface area contributed by atoms with E-state index in [2.05, 4.69) is 49.3 Å². The average molecular weight is 446 g/mol. The van der Waals surface area contributed by atoms with Gasteiger partial charge >= 0.3 is 0 Å². The van der Waals surface area contributed by atoms with Gasteiger partial charge in [0.1, 0.15) is 5.75 Å². The number of rotatable bonds is 6. The van der Waals surface area contributed by atoms with Gasteiger partial charge in [0.05, 0.1) is 14.5 Å². The Balaban J connectivity index is 1.81. The van der Waals surface area contributed by atoms with Crippen molar-refractivity contribution in [2.24, 2.45) is 5.10 Å². The Hall–Kier alpha value is -1.18. The number of amides is 1. The SMILES string of the molecule is CCc1ccc(OCC(=O)NN=Cc2ccc(Br)s2)c(Br)c1. The fourth-order valence-electron chi connectivity index (χ4n) is 1.62. The van der Waals surface area contributed by atoms with Crippen LogP contribution in [0, 0.1) is 0 Å². The molecular weight excluding hydrogens is 432 g/mol. The monoisotopic (exact) mass is 444 g/mol. The van der Waals surface area contributed by atoms with Crippen LogP contribution in [-0.4, -0.2) is 18.7 Å². The van der Waals surface area contributed by atoms with E-state index < -0.39 is 0 Å². The lowest BCUT2D eigenvalue weighted by Crippen LogP contribution is -2.24. The van der Waals surface area contributed by atoms with Gasteiger partial charge in [0.25, 0.3) is 5.91 Å². The van der Waals surface area contributed by atoms with Crippen molar-refractivity contribution >= 4 is 55.3 Å². The normalized spacial score (nSPS) is 10.9. The number of carbonyl (C=O) groups excluding carboxylic acids is 1. The molecule has 116 valence electrons. The molecule has 0 radical (unpaired) electrons. The first-order chi connectivity index (χ1) is 10.6. The van der Waals surface area contributed by atoms with Gasteiger partial charge in [-0.2, -0.15) is 5.10 Å². The van der Waals surface area contributed by atoms with Gasteiger partial charge in [-0.15, -0.1) is 11.3 Å². The molecule has 0 spiro atoms. The summed E-state index contributed by atoms with van der Waals surface area (Å²) in [5, 5.41) is 3.89. The van der Waals surface area contributed by atoms with E-state index >= 15 is 0 Å². The molecule has 0 unspecified atom stereocenters. The maximum atomic E-state index is 11.7. The molecule has 2 rings (SSSR count). The molecule has 0 aliphatic heterocycles. The van der Waals surface area contributed by atoms with Crippen molar-refractivity contribution in [2.45, 2.75) is 13.3 Å². The highest BCUT2D eigenvalue weighted by Crippen LogP contribution is 2.26. The van der Waals surface area contributed by atoms with E-state index in [0.29, 0.717) is 5.75 Å². The van der Waals surface area contributed by atoms with Crippen LogP contribution in [-0.2, 0) is 11.2 Å². The molecule has 2 aromatic rings. The predicted molar refractivity (Wildman–Crippen MR) is 96.8 cm³/mol. The molecule has 4 nitrogen and oxygen atoms in total. The third-order valence-electron chi connectivity index (χ3n) is 2.74. The van der Waals surface area contributed by atoms with Crippen LogP contribution in [0.5, 0.6) is 5.75 Å². The van der Waals surface area contributed by atoms with Gasteiger partial charge in [-0.25, -0.2) is 5.43 Å². The molecule has 0 aliphatic carbocycles. The van der Waals surface area contributed by atoms with Crippen LogP contribution in [0.3, 0.4) is 0 Å². The molecule has 0 atom stereocenters. The smallest absolute Gasteiger partial charge is 0.277 e. The lowest BCUT2D eigenvalue weighted by atomic mass is 10.2. The number of halogens is 2. The molecule has 0 bridgehead atoms. The number of nitrogens with one attached hydrogen (secondary N) is 1. The van der Waals surface area contributed by atoms with E-state index in [0.717, 1.165) is 19.6 Å². The molecule has 1 N–H and O–H groups in total. The number of ether oxygens (including phenoxy) is 1. The Kier molecular flexibility index (Phi) is 6.60.